The largest absolute Gasteiger partial charge is 0.492 e. The summed E-state index contributed by atoms with van der Waals surface area (Å²) in [6.07, 6.45) is 0. The fraction of sp³-hybridized carbons (Fsp3) is 0.455. The van der Waals surface area contributed by atoms with E-state index < -0.39 is 12.9 Å². The zero-order valence-electron chi connectivity index (χ0n) is 9.70. The lowest BCUT2D eigenvalue weighted by Gasteiger charge is -2.14. The molecule has 0 atom stereocenters. The van der Waals surface area contributed by atoms with Gasteiger partial charge in [-0.25, -0.2) is 4.39 Å². The Kier molecular flexibility index (Phi) is 4.32. The van der Waals surface area contributed by atoms with Gasteiger partial charge < -0.3 is 14.8 Å². The Balaban J connectivity index is 3.27. The summed E-state index contributed by atoms with van der Waals surface area (Å²) in [5.41, 5.74) is 0.787. The van der Waals surface area contributed by atoms with E-state index in [9.17, 15) is 14.4 Å². The van der Waals surface area contributed by atoms with Gasteiger partial charge in [-0.05, 0) is 24.5 Å². The molecule has 0 spiro atoms. The molecule has 0 bridgehead atoms. The molecule has 1 rings (SSSR count). The maximum atomic E-state index is 13.7. The van der Waals surface area contributed by atoms with Gasteiger partial charge in [0, 0.05) is 5.46 Å². The van der Waals surface area contributed by atoms with Crippen LogP contribution in [0.25, 0.3) is 0 Å². The summed E-state index contributed by atoms with van der Waals surface area (Å²) in [5.74, 6) is -0.527. The first-order valence-electron chi connectivity index (χ1n) is 5.29. The third-order valence-corrected chi connectivity index (χ3v) is 2.33. The van der Waals surface area contributed by atoms with Gasteiger partial charge in [0.2, 0.25) is 0 Å². The topological polar surface area (TPSA) is 49.7 Å². The van der Waals surface area contributed by atoms with Crippen molar-refractivity contribution >= 4 is 12.6 Å². The van der Waals surface area contributed by atoms with Crippen LogP contribution in [0, 0.1) is 5.82 Å². The molecular weight excluding hydrogens is 210 g/mol. The predicted octanol–water partition coefficient (Wildman–Crippen LogP) is 1.03. The van der Waals surface area contributed by atoms with Crippen molar-refractivity contribution in [1.29, 1.82) is 0 Å². The molecule has 0 aliphatic heterocycles. The first-order valence-corrected chi connectivity index (χ1v) is 5.29. The summed E-state index contributed by atoms with van der Waals surface area (Å²) in [7, 11) is -1.73. The Bertz CT molecular complexity index is 366. The van der Waals surface area contributed by atoms with Gasteiger partial charge >= 0.3 is 7.12 Å². The van der Waals surface area contributed by atoms with Crippen LogP contribution in [0.3, 0.4) is 0 Å². The maximum absolute atomic E-state index is 13.7. The van der Waals surface area contributed by atoms with Gasteiger partial charge in [0.1, 0.15) is 0 Å². The molecule has 1 aromatic rings. The molecule has 88 valence electrons. The van der Waals surface area contributed by atoms with Crippen molar-refractivity contribution in [2.24, 2.45) is 0 Å². The molecule has 0 saturated heterocycles. The minimum absolute atomic E-state index is 0.0746. The summed E-state index contributed by atoms with van der Waals surface area (Å²) < 4.78 is 18.7. The minimum atomic E-state index is -1.73. The Morgan fingerprint density at radius 2 is 2.00 bits per heavy atom. The van der Waals surface area contributed by atoms with Crippen LogP contribution in [0.2, 0.25) is 0 Å². The number of hydrogen-bond donors (Lipinski definition) is 2. The summed E-state index contributed by atoms with van der Waals surface area (Å²) >= 11 is 0. The Morgan fingerprint density at radius 1 is 1.38 bits per heavy atom. The lowest BCUT2D eigenvalue weighted by molar-refractivity contribution is 0.321. The van der Waals surface area contributed by atoms with Crippen LogP contribution in [-0.4, -0.2) is 23.8 Å². The Labute approximate surface area is 95.0 Å². The highest BCUT2D eigenvalue weighted by Gasteiger charge is 2.22. The van der Waals surface area contributed by atoms with Crippen molar-refractivity contribution in [1.82, 2.24) is 0 Å². The molecule has 0 aromatic heterocycles. The van der Waals surface area contributed by atoms with Crippen LogP contribution < -0.4 is 10.2 Å². The van der Waals surface area contributed by atoms with Gasteiger partial charge in [-0.3, -0.25) is 0 Å². The molecule has 0 fully saturated rings. The van der Waals surface area contributed by atoms with Crippen molar-refractivity contribution < 1.29 is 19.2 Å². The van der Waals surface area contributed by atoms with E-state index in [1.165, 1.54) is 6.07 Å². The molecule has 0 aliphatic carbocycles. The Morgan fingerprint density at radius 3 is 2.44 bits per heavy atom. The summed E-state index contributed by atoms with van der Waals surface area (Å²) in [4.78, 5) is 0. The second kappa shape index (κ2) is 5.32. The van der Waals surface area contributed by atoms with Gasteiger partial charge in [-0.15, -0.1) is 0 Å². The van der Waals surface area contributed by atoms with E-state index in [0.29, 0.717) is 5.56 Å². The molecule has 16 heavy (non-hydrogen) atoms. The monoisotopic (exact) mass is 226 g/mol. The van der Waals surface area contributed by atoms with Crippen LogP contribution >= 0.6 is 0 Å². The van der Waals surface area contributed by atoms with Gasteiger partial charge in [0.25, 0.3) is 0 Å². The molecule has 0 saturated carbocycles. The SMILES string of the molecule is CCOc1c(F)cc(C(C)C)cc1B(O)O. The average molecular weight is 226 g/mol. The first kappa shape index (κ1) is 13.0. The van der Waals surface area contributed by atoms with E-state index in [1.54, 1.807) is 13.0 Å². The zero-order chi connectivity index (χ0) is 12.3. The van der Waals surface area contributed by atoms with Crippen LogP contribution in [-0.2, 0) is 0 Å². The van der Waals surface area contributed by atoms with Gasteiger partial charge in [0.15, 0.2) is 11.6 Å². The highest BCUT2D eigenvalue weighted by Crippen LogP contribution is 2.21. The van der Waals surface area contributed by atoms with Gasteiger partial charge in [-0.1, -0.05) is 19.9 Å². The van der Waals surface area contributed by atoms with E-state index in [4.69, 9.17) is 4.74 Å². The quantitative estimate of drug-likeness (QED) is 0.753. The number of benzene rings is 1. The molecule has 0 aliphatic rings. The third kappa shape index (κ3) is 2.74. The van der Waals surface area contributed by atoms with Crippen molar-refractivity contribution in [3.63, 3.8) is 0 Å². The second-order valence-corrected chi connectivity index (χ2v) is 3.88. The molecule has 1 aromatic carbocycles. The molecule has 3 nitrogen and oxygen atoms in total. The van der Waals surface area contributed by atoms with E-state index >= 15 is 0 Å². The van der Waals surface area contributed by atoms with Crippen LogP contribution in [0.5, 0.6) is 5.75 Å². The normalized spacial score (nSPS) is 10.7. The number of rotatable bonds is 4. The highest BCUT2D eigenvalue weighted by molar-refractivity contribution is 6.59. The number of hydrogen-bond acceptors (Lipinski definition) is 3. The van der Waals surface area contributed by atoms with Gasteiger partial charge in [-0.2, -0.15) is 0 Å². The van der Waals surface area contributed by atoms with Crippen molar-refractivity contribution in [3.05, 3.63) is 23.5 Å². The lowest BCUT2D eigenvalue weighted by atomic mass is 9.77. The average Bonchev–Trinajstić information content (AvgIpc) is 2.20. The Hall–Kier alpha value is -1.07. The van der Waals surface area contributed by atoms with Gasteiger partial charge in [0.05, 0.1) is 6.61 Å². The van der Waals surface area contributed by atoms with Crippen LogP contribution in [0.15, 0.2) is 12.1 Å². The molecular formula is C11H16BFO3. The van der Waals surface area contributed by atoms with E-state index in [-0.39, 0.29) is 23.7 Å². The van der Waals surface area contributed by atoms with Crippen LogP contribution in [0.4, 0.5) is 4.39 Å². The van der Waals surface area contributed by atoms with Crippen molar-refractivity contribution in [3.8, 4) is 5.75 Å². The standard InChI is InChI=1S/C11H16BFO3/c1-4-16-11-9(12(14)15)5-8(7(2)3)6-10(11)13/h5-7,14-15H,4H2,1-3H3. The highest BCUT2D eigenvalue weighted by atomic mass is 19.1. The first-order chi connectivity index (χ1) is 7.47. The van der Waals surface area contributed by atoms with Crippen molar-refractivity contribution in [2.75, 3.05) is 6.61 Å². The molecule has 2 N–H and O–H groups in total. The van der Waals surface area contributed by atoms with Crippen LogP contribution in [0.1, 0.15) is 32.3 Å². The van der Waals surface area contributed by atoms with E-state index in [1.807, 2.05) is 13.8 Å². The molecule has 0 heterocycles. The summed E-state index contributed by atoms with van der Waals surface area (Å²) in [6.45, 7) is 5.80. The van der Waals surface area contributed by atoms with E-state index in [0.717, 1.165) is 0 Å². The maximum Gasteiger partial charge on any atom is 0.492 e. The smallest absolute Gasteiger partial charge is 0.491 e. The molecule has 0 radical (unpaired) electrons. The summed E-state index contributed by atoms with van der Waals surface area (Å²) in [5, 5.41) is 18.3. The zero-order valence-corrected chi connectivity index (χ0v) is 9.70. The third-order valence-electron chi connectivity index (χ3n) is 2.33. The van der Waals surface area contributed by atoms with Crippen molar-refractivity contribution in [2.45, 2.75) is 26.7 Å². The molecule has 0 unspecified atom stereocenters. The molecule has 0 amide bonds. The predicted molar refractivity (Wildman–Crippen MR) is 61.5 cm³/mol. The fourth-order valence-corrected chi connectivity index (χ4v) is 1.46. The number of halogens is 1. The fourth-order valence-electron chi connectivity index (χ4n) is 1.46. The number of ether oxygens (including phenoxy) is 1. The second-order valence-electron chi connectivity index (χ2n) is 3.88. The molecule has 5 heteroatoms. The van der Waals surface area contributed by atoms with E-state index in [2.05, 4.69) is 0 Å². The lowest BCUT2D eigenvalue weighted by Crippen LogP contribution is -2.32. The summed E-state index contributed by atoms with van der Waals surface area (Å²) in [6, 6.07) is 2.92. The minimum Gasteiger partial charge on any atom is -0.491 e.